The third kappa shape index (κ3) is 3.28. The molecule has 0 radical (unpaired) electrons. The molecule has 0 fully saturated rings. The van der Waals surface area contributed by atoms with Gasteiger partial charge in [0.15, 0.2) is 0 Å². The first kappa shape index (κ1) is 19.1. The summed E-state index contributed by atoms with van der Waals surface area (Å²) in [6, 6.07) is 20.6. The van der Waals surface area contributed by atoms with Crippen molar-refractivity contribution in [1.29, 1.82) is 0 Å². The monoisotopic (exact) mass is 412 g/mol. The topological polar surface area (TPSA) is 65.7 Å². The standard InChI is InChI=1S/C26H20O5/c1-15-12-21-25(20(14-22(27)30-21)16-6-4-3-5-7-16)26-24(15)19(13-23(28)31-26)17-8-10-18(29-2)11-9-17/h3-12,14,19H,13H2,1-2H3. The highest BCUT2D eigenvalue weighted by molar-refractivity contribution is 6.01. The first-order valence-corrected chi connectivity index (χ1v) is 10.1. The van der Waals surface area contributed by atoms with Crippen LogP contribution in [0.1, 0.15) is 29.0 Å². The Hall–Kier alpha value is -3.86. The van der Waals surface area contributed by atoms with E-state index in [0.29, 0.717) is 22.3 Å². The molecule has 5 nitrogen and oxygen atoms in total. The second-order valence-electron chi connectivity index (χ2n) is 7.66. The third-order valence-electron chi connectivity index (χ3n) is 5.77. The zero-order valence-electron chi connectivity index (χ0n) is 17.2. The summed E-state index contributed by atoms with van der Waals surface area (Å²) in [5, 5.41) is 0.637. The summed E-state index contributed by atoms with van der Waals surface area (Å²) in [7, 11) is 1.62. The van der Waals surface area contributed by atoms with Crippen LogP contribution in [0.2, 0.25) is 0 Å². The Kier molecular flexibility index (Phi) is 4.59. The lowest BCUT2D eigenvalue weighted by Crippen LogP contribution is -2.22. The summed E-state index contributed by atoms with van der Waals surface area (Å²) in [6.07, 6.45) is 0.239. The molecule has 1 aliphatic rings. The minimum absolute atomic E-state index is 0.165. The number of hydrogen-bond acceptors (Lipinski definition) is 5. The van der Waals surface area contributed by atoms with Crippen LogP contribution in [-0.4, -0.2) is 13.1 Å². The number of aryl methyl sites for hydroxylation is 1. The van der Waals surface area contributed by atoms with Crippen LogP contribution in [0.25, 0.3) is 22.1 Å². The molecule has 0 saturated heterocycles. The fourth-order valence-electron chi connectivity index (χ4n) is 4.37. The van der Waals surface area contributed by atoms with Crippen molar-refractivity contribution in [2.75, 3.05) is 7.11 Å². The summed E-state index contributed by atoms with van der Waals surface area (Å²) in [6.45, 7) is 1.95. The molecule has 2 heterocycles. The zero-order chi connectivity index (χ0) is 21.5. The van der Waals surface area contributed by atoms with E-state index in [1.54, 1.807) is 7.11 Å². The van der Waals surface area contributed by atoms with Crippen molar-refractivity contribution in [2.24, 2.45) is 0 Å². The van der Waals surface area contributed by atoms with E-state index < -0.39 is 5.63 Å². The maximum absolute atomic E-state index is 12.7. The first-order valence-electron chi connectivity index (χ1n) is 10.1. The van der Waals surface area contributed by atoms with Gasteiger partial charge in [-0.15, -0.1) is 0 Å². The van der Waals surface area contributed by atoms with Crippen LogP contribution in [-0.2, 0) is 4.79 Å². The van der Waals surface area contributed by atoms with E-state index in [0.717, 1.165) is 28.0 Å². The van der Waals surface area contributed by atoms with Crippen molar-refractivity contribution >= 4 is 16.9 Å². The predicted octanol–water partition coefficient (Wildman–Crippen LogP) is 5.22. The van der Waals surface area contributed by atoms with Crippen LogP contribution in [0, 0.1) is 6.92 Å². The first-order chi connectivity index (χ1) is 15.0. The van der Waals surface area contributed by atoms with Crippen LogP contribution >= 0.6 is 0 Å². The number of benzene rings is 3. The van der Waals surface area contributed by atoms with Crippen molar-refractivity contribution in [2.45, 2.75) is 19.3 Å². The Bertz CT molecular complexity index is 1350. The Balaban J connectivity index is 1.81. The highest BCUT2D eigenvalue weighted by Gasteiger charge is 2.33. The van der Waals surface area contributed by atoms with Crippen LogP contribution < -0.4 is 15.1 Å². The van der Waals surface area contributed by atoms with Gasteiger partial charge in [-0.2, -0.15) is 0 Å². The Morgan fingerprint density at radius 3 is 2.42 bits per heavy atom. The fourth-order valence-corrected chi connectivity index (χ4v) is 4.37. The summed E-state index contributed by atoms with van der Waals surface area (Å²) >= 11 is 0. The van der Waals surface area contributed by atoms with Gasteiger partial charge in [0.05, 0.1) is 18.9 Å². The molecular weight excluding hydrogens is 392 g/mol. The molecule has 0 amide bonds. The molecule has 154 valence electrons. The molecule has 1 unspecified atom stereocenters. The molecule has 0 bridgehead atoms. The lowest BCUT2D eigenvalue weighted by atomic mass is 9.82. The second-order valence-corrected chi connectivity index (χ2v) is 7.66. The highest BCUT2D eigenvalue weighted by Crippen LogP contribution is 2.47. The summed E-state index contributed by atoms with van der Waals surface area (Å²) in [5.74, 6) is 0.743. The lowest BCUT2D eigenvalue weighted by Gasteiger charge is -2.28. The van der Waals surface area contributed by atoms with Crippen LogP contribution in [0.3, 0.4) is 0 Å². The summed E-state index contributed by atoms with van der Waals surface area (Å²) in [4.78, 5) is 24.9. The maximum atomic E-state index is 12.7. The third-order valence-corrected chi connectivity index (χ3v) is 5.77. The summed E-state index contributed by atoms with van der Waals surface area (Å²) in [5.41, 5.74) is 4.35. The molecule has 4 aromatic rings. The minimum atomic E-state index is -0.445. The molecule has 1 atom stereocenters. The molecule has 0 spiro atoms. The van der Waals surface area contributed by atoms with Crippen molar-refractivity contribution in [3.05, 3.63) is 93.8 Å². The molecule has 0 aliphatic carbocycles. The maximum Gasteiger partial charge on any atom is 0.336 e. The van der Waals surface area contributed by atoms with Gasteiger partial charge in [0, 0.05) is 23.1 Å². The molecule has 31 heavy (non-hydrogen) atoms. The van der Waals surface area contributed by atoms with Gasteiger partial charge < -0.3 is 13.9 Å². The molecule has 1 aromatic heterocycles. The van der Waals surface area contributed by atoms with Gasteiger partial charge in [-0.3, -0.25) is 4.79 Å². The number of methoxy groups -OCH3 is 1. The van der Waals surface area contributed by atoms with Crippen LogP contribution in [0.15, 0.2) is 75.9 Å². The Labute approximate surface area is 178 Å². The van der Waals surface area contributed by atoms with Gasteiger partial charge in [0.2, 0.25) is 0 Å². The van der Waals surface area contributed by atoms with Gasteiger partial charge in [-0.1, -0.05) is 42.5 Å². The fraction of sp³-hybridized carbons (Fsp3) is 0.154. The molecule has 1 aliphatic heterocycles. The van der Waals surface area contributed by atoms with Gasteiger partial charge in [0.25, 0.3) is 0 Å². The highest BCUT2D eigenvalue weighted by atomic mass is 16.5. The van der Waals surface area contributed by atoms with Gasteiger partial charge in [0.1, 0.15) is 17.1 Å². The number of hydrogen-bond donors (Lipinski definition) is 0. The second kappa shape index (κ2) is 7.43. The van der Waals surface area contributed by atoms with Crippen molar-refractivity contribution in [1.82, 2.24) is 0 Å². The number of fused-ring (bicyclic) bond motifs is 3. The van der Waals surface area contributed by atoms with E-state index in [4.69, 9.17) is 13.9 Å². The van der Waals surface area contributed by atoms with E-state index in [-0.39, 0.29) is 18.3 Å². The van der Waals surface area contributed by atoms with Crippen molar-refractivity contribution in [3.63, 3.8) is 0 Å². The molecule has 0 N–H and O–H groups in total. The van der Waals surface area contributed by atoms with E-state index in [2.05, 4.69) is 0 Å². The van der Waals surface area contributed by atoms with E-state index in [1.807, 2.05) is 67.6 Å². The van der Waals surface area contributed by atoms with Crippen molar-refractivity contribution in [3.8, 4) is 22.6 Å². The van der Waals surface area contributed by atoms with Crippen LogP contribution in [0.4, 0.5) is 0 Å². The normalized spacial score (nSPS) is 15.4. The van der Waals surface area contributed by atoms with Gasteiger partial charge in [-0.25, -0.2) is 4.79 Å². The van der Waals surface area contributed by atoms with E-state index in [9.17, 15) is 9.59 Å². The van der Waals surface area contributed by atoms with Crippen molar-refractivity contribution < 1.29 is 18.7 Å². The number of esters is 1. The molecule has 3 aromatic carbocycles. The average Bonchev–Trinajstić information content (AvgIpc) is 2.78. The molecule has 5 rings (SSSR count). The average molecular weight is 412 g/mol. The zero-order valence-corrected chi connectivity index (χ0v) is 17.2. The number of carbonyl (C=O) groups excluding carboxylic acids is 1. The molecule has 5 heteroatoms. The Morgan fingerprint density at radius 1 is 0.968 bits per heavy atom. The number of rotatable bonds is 3. The smallest absolute Gasteiger partial charge is 0.336 e. The van der Waals surface area contributed by atoms with Gasteiger partial charge >= 0.3 is 11.6 Å². The summed E-state index contributed by atoms with van der Waals surface area (Å²) < 4.78 is 16.6. The van der Waals surface area contributed by atoms with Gasteiger partial charge in [-0.05, 0) is 41.8 Å². The molecular formula is C26H20O5. The lowest BCUT2D eigenvalue weighted by molar-refractivity contribution is -0.135. The van der Waals surface area contributed by atoms with Crippen LogP contribution in [0.5, 0.6) is 11.5 Å². The number of carbonyl (C=O) groups is 1. The quantitative estimate of drug-likeness (QED) is 0.262. The SMILES string of the molecule is COc1ccc(C2CC(=O)Oc3c2c(C)cc2oc(=O)cc(-c4ccccc4)c32)cc1. The largest absolute Gasteiger partial charge is 0.497 e. The predicted molar refractivity (Wildman–Crippen MR) is 118 cm³/mol. The number of ether oxygens (including phenoxy) is 2. The van der Waals surface area contributed by atoms with E-state index in [1.165, 1.54) is 6.07 Å². The minimum Gasteiger partial charge on any atom is -0.497 e. The van der Waals surface area contributed by atoms with E-state index >= 15 is 0 Å². The molecule has 0 saturated carbocycles. The Morgan fingerprint density at radius 2 is 1.71 bits per heavy atom.